The molecule has 1 heterocycles. The Morgan fingerprint density at radius 3 is 2.35 bits per heavy atom. The van der Waals surface area contributed by atoms with E-state index in [0.717, 1.165) is 17.8 Å². The van der Waals surface area contributed by atoms with Crippen LogP contribution in [-0.2, 0) is 6.42 Å². The fraction of sp³-hybridized carbons (Fsp3) is 0.0667. The molecule has 0 spiro atoms. The van der Waals surface area contributed by atoms with E-state index < -0.39 is 0 Å². The zero-order valence-electron chi connectivity index (χ0n) is 9.19. The van der Waals surface area contributed by atoms with E-state index in [0.29, 0.717) is 0 Å². The van der Waals surface area contributed by atoms with Gasteiger partial charge in [-0.1, -0.05) is 48.5 Å². The van der Waals surface area contributed by atoms with Gasteiger partial charge < -0.3 is 4.42 Å². The first-order chi connectivity index (χ1) is 8.34. The minimum absolute atomic E-state index is 0.855. The molecule has 3 rings (SSSR count). The molecule has 3 aromatic rings. The van der Waals surface area contributed by atoms with E-state index in [2.05, 4.69) is 52.9 Å². The van der Waals surface area contributed by atoms with Crippen LogP contribution in [0.5, 0.6) is 0 Å². The highest BCUT2D eigenvalue weighted by molar-refractivity contribution is 14.1. The number of halogens is 1. The van der Waals surface area contributed by atoms with Crippen LogP contribution < -0.4 is 0 Å². The molecule has 0 radical (unpaired) electrons. The maximum Gasteiger partial charge on any atom is 0.135 e. The molecule has 0 aliphatic carbocycles. The highest BCUT2D eigenvalue weighted by Gasteiger charge is 2.11. The SMILES string of the molecule is Ic1c(Cc2ccccc2)oc2ccccc12. The molecule has 0 fully saturated rings. The first-order valence-electron chi connectivity index (χ1n) is 5.54. The normalized spacial score (nSPS) is 10.9. The van der Waals surface area contributed by atoms with Crippen molar-refractivity contribution in [2.75, 3.05) is 0 Å². The third-order valence-electron chi connectivity index (χ3n) is 2.81. The van der Waals surface area contributed by atoms with Crippen molar-refractivity contribution in [1.82, 2.24) is 0 Å². The summed E-state index contributed by atoms with van der Waals surface area (Å²) in [6, 6.07) is 18.6. The smallest absolute Gasteiger partial charge is 0.135 e. The third-order valence-corrected chi connectivity index (χ3v) is 3.99. The molecule has 0 saturated heterocycles. The summed E-state index contributed by atoms with van der Waals surface area (Å²) in [5.74, 6) is 1.05. The van der Waals surface area contributed by atoms with E-state index >= 15 is 0 Å². The summed E-state index contributed by atoms with van der Waals surface area (Å²) >= 11 is 2.37. The standard InChI is InChI=1S/C15H11IO/c16-15-12-8-4-5-9-13(12)17-14(15)10-11-6-2-1-3-7-11/h1-9H,10H2. The van der Waals surface area contributed by atoms with Gasteiger partial charge in [-0.3, -0.25) is 0 Å². The van der Waals surface area contributed by atoms with Crippen LogP contribution in [-0.4, -0.2) is 0 Å². The zero-order valence-corrected chi connectivity index (χ0v) is 11.3. The second-order valence-corrected chi connectivity index (χ2v) is 5.08. The first kappa shape index (κ1) is 10.8. The highest BCUT2D eigenvalue weighted by atomic mass is 127. The number of rotatable bonds is 2. The van der Waals surface area contributed by atoms with Crippen LogP contribution in [0.2, 0.25) is 0 Å². The van der Waals surface area contributed by atoms with Gasteiger partial charge in [0.05, 0.1) is 3.57 Å². The predicted octanol–water partition coefficient (Wildman–Crippen LogP) is 4.63. The van der Waals surface area contributed by atoms with Crippen molar-refractivity contribution in [3.63, 3.8) is 0 Å². The molecular weight excluding hydrogens is 323 g/mol. The molecule has 0 atom stereocenters. The Morgan fingerprint density at radius 2 is 1.59 bits per heavy atom. The Kier molecular flexibility index (Phi) is 2.89. The maximum atomic E-state index is 5.90. The van der Waals surface area contributed by atoms with Crippen LogP contribution in [0.4, 0.5) is 0 Å². The van der Waals surface area contributed by atoms with Crippen LogP contribution in [0.25, 0.3) is 11.0 Å². The van der Waals surface area contributed by atoms with Crippen molar-refractivity contribution in [2.24, 2.45) is 0 Å². The molecule has 0 bridgehead atoms. The van der Waals surface area contributed by atoms with Gasteiger partial charge in [0.1, 0.15) is 11.3 Å². The van der Waals surface area contributed by atoms with E-state index in [-0.39, 0.29) is 0 Å². The summed E-state index contributed by atoms with van der Waals surface area (Å²) in [5.41, 5.74) is 2.26. The average molecular weight is 334 g/mol. The molecule has 2 heteroatoms. The lowest BCUT2D eigenvalue weighted by molar-refractivity contribution is 0.559. The van der Waals surface area contributed by atoms with E-state index in [1.54, 1.807) is 0 Å². The Labute approximate surface area is 114 Å². The number of para-hydroxylation sites is 1. The van der Waals surface area contributed by atoms with Gasteiger partial charge in [-0.15, -0.1) is 0 Å². The van der Waals surface area contributed by atoms with Crippen molar-refractivity contribution in [3.05, 3.63) is 69.5 Å². The molecule has 1 aromatic heterocycles. The lowest BCUT2D eigenvalue weighted by Crippen LogP contribution is -1.86. The number of benzene rings is 2. The van der Waals surface area contributed by atoms with Gasteiger partial charge in [0.25, 0.3) is 0 Å². The van der Waals surface area contributed by atoms with Gasteiger partial charge >= 0.3 is 0 Å². The topological polar surface area (TPSA) is 13.1 Å². The molecular formula is C15H11IO. The molecule has 0 aliphatic heterocycles. The number of furan rings is 1. The lowest BCUT2D eigenvalue weighted by atomic mass is 10.1. The summed E-state index contributed by atoms with van der Waals surface area (Å²) in [6.45, 7) is 0. The predicted molar refractivity (Wildman–Crippen MR) is 78.2 cm³/mol. The van der Waals surface area contributed by atoms with E-state index in [4.69, 9.17) is 4.42 Å². The number of hydrogen-bond donors (Lipinski definition) is 0. The molecule has 0 aliphatic rings. The van der Waals surface area contributed by atoms with Gasteiger partial charge in [0.15, 0.2) is 0 Å². The quantitative estimate of drug-likeness (QED) is 0.623. The van der Waals surface area contributed by atoms with E-state index in [9.17, 15) is 0 Å². The summed E-state index contributed by atoms with van der Waals surface area (Å²) in [5, 5.41) is 1.21. The second-order valence-electron chi connectivity index (χ2n) is 4.00. The van der Waals surface area contributed by atoms with Crippen molar-refractivity contribution < 1.29 is 4.42 Å². The Bertz CT molecular complexity index is 640. The molecule has 84 valence electrons. The van der Waals surface area contributed by atoms with Gasteiger partial charge in [0, 0.05) is 11.8 Å². The Hall–Kier alpha value is -1.29. The first-order valence-corrected chi connectivity index (χ1v) is 6.62. The summed E-state index contributed by atoms with van der Waals surface area (Å²) in [7, 11) is 0. The summed E-state index contributed by atoms with van der Waals surface area (Å²) in [6.07, 6.45) is 0.855. The molecule has 2 aromatic carbocycles. The fourth-order valence-corrected chi connectivity index (χ4v) is 2.71. The largest absolute Gasteiger partial charge is 0.460 e. The van der Waals surface area contributed by atoms with E-state index in [1.807, 2.05) is 24.3 Å². The summed E-state index contributed by atoms with van der Waals surface area (Å²) < 4.78 is 7.12. The fourth-order valence-electron chi connectivity index (χ4n) is 1.96. The van der Waals surface area contributed by atoms with Crippen LogP contribution in [0.15, 0.2) is 59.0 Å². The highest BCUT2D eigenvalue weighted by Crippen LogP contribution is 2.28. The number of fused-ring (bicyclic) bond motifs is 1. The molecule has 0 saturated carbocycles. The van der Waals surface area contributed by atoms with Crippen LogP contribution in [0.3, 0.4) is 0 Å². The van der Waals surface area contributed by atoms with Crippen molar-refractivity contribution in [1.29, 1.82) is 0 Å². The Morgan fingerprint density at radius 1 is 0.882 bits per heavy atom. The van der Waals surface area contributed by atoms with Crippen LogP contribution in [0, 0.1) is 3.57 Å². The van der Waals surface area contributed by atoms with Crippen LogP contribution >= 0.6 is 22.6 Å². The van der Waals surface area contributed by atoms with Crippen molar-refractivity contribution in [2.45, 2.75) is 6.42 Å². The third kappa shape index (κ3) is 2.09. The molecule has 0 amide bonds. The van der Waals surface area contributed by atoms with E-state index in [1.165, 1.54) is 14.5 Å². The molecule has 1 nitrogen and oxygen atoms in total. The van der Waals surface area contributed by atoms with Crippen molar-refractivity contribution in [3.8, 4) is 0 Å². The van der Waals surface area contributed by atoms with Crippen LogP contribution in [0.1, 0.15) is 11.3 Å². The average Bonchev–Trinajstić information content (AvgIpc) is 2.68. The number of hydrogen-bond acceptors (Lipinski definition) is 1. The maximum absolute atomic E-state index is 5.90. The van der Waals surface area contributed by atoms with Gasteiger partial charge in [0.2, 0.25) is 0 Å². The molecule has 0 N–H and O–H groups in total. The molecule has 0 unspecified atom stereocenters. The minimum atomic E-state index is 0.855. The second kappa shape index (κ2) is 4.53. The van der Waals surface area contributed by atoms with Gasteiger partial charge in [-0.2, -0.15) is 0 Å². The molecule has 17 heavy (non-hydrogen) atoms. The van der Waals surface area contributed by atoms with Gasteiger partial charge in [-0.25, -0.2) is 0 Å². The lowest BCUT2D eigenvalue weighted by Gasteiger charge is -1.97. The monoisotopic (exact) mass is 334 g/mol. The zero-order chi connectivity index (χ0) is 11.7. The Balaban J connectivity index is 2.04. The minimum Gasteiger partial charge on any atom is -0.460 e. The van der Waals surface area contributed by atoms with Crippen molar-refractivity contribution >= 4 is 33.6 Å². The summed E-state index contributed by atoms with van der Waals surface area (Å²) in [4.78, 5) is 0. The van der Waals surface area contributed by atoms with Gasteiger partial charge in [-0.05, 0) is 34.2 Å².